The smallest absolute Gasteiger partial charge is 0.220 e. The number of hydrogen-bond acceptors (Lipinski definition) is 3. The molecule has 102 valence electrons. The quantitative estimate of drug-likeness (QED) is 0.897. The van der Waals surface area contributed by atoms with Crippen molar-refractivity contribution in [1.29, 1.82) is 0 Å². The van der Waals surface area contributed by atoms with Crippen LogP contribution < -0.4 is 5.32 Å². The van der Waals surface area contributed by atoms with Crippen molar-refractivity contribution in [2.45, 2.75) is 39.7 Å². The summed E-state index contributed by atoms with van der Waals surface area (Å²) >= 11 is 0. The van der Waals surface area contributed by atoms with Crippen molar-refractivity contribution in [3.63, 3.8) is 0 Å². The van der Waals surface area contributed by atoms with Crippen LogP contribution in [0.25, 0.3) is 5.65 Å². The third-order valence-corrected chi connectivity index (χ3v) is 3.05. The Morgan fingerprint density at radius 2 is 2.11 bits per heavy atom. The van der Waals surface area contributed by atoms with Gasteiger partial charge in [0, 0.05) is 12.6 Å². The maximum absolute atomic E-state index is 11.8. The summed E-state index contributed by atoms with van der Waals surface area (Å²) in [5.41, 5.74) is 0.792. The molecule has 2 rings (SSSR count). The minimum atomic E-state index is -0.142. The number of carbonyl (C=O) groups excluding carboxylic acids is 1. The molecule has 0 aliphatic carbocycles. The third kappa shape index (κ3) is 3.30. The molecule has 0 bridgehead atoms. The normalized spacial score (nSPS) is 12.8. The monoisotopic (exact) mass is 260 g/mol. The van der Waals surface area contributed by atoms with Gasteiger partial charge in [0.2, 0.25) is 5.91 Å². The first-order valence-corrected chi connectivity index (χ1v) is 6.67. The van der Waals surface area contributed by atoms with Crippen LogP contribution in [0.5, 0.6) is 0 Å². The van der Waals surface area contributed by atoms with E-state index in [1.165, 1.54) is 0 Å². The minimum Gasteiger partial charge on any atom is -0.346 e. The lowest BCUT2D eigenvalue weighted by atomic mass is 10.1. The zero-order valence-electron chi connectivity index (χ0n) is 11.6. The first-order valence-electron chi connectivity index (χ1n) is 6.67. The zero-order valence-corrected chi connectivity index (χ0v) is 11.6. The van der Waals surface area contributed by atoms with E-state index in [9.17, 15) is 4.79 Å². The Morgan fingerprint density at radius 1 is 1.32 bits per heavy atom. The van der Waals surface area contributed by atoms with Crippen LogP contribution in [-0.4, -0.2) is 20.5 Å². The molecule has 0 saturated heterocycles. The summed E-state index contributed by atoms with van der Waals surface area (Å²) in [5.74, 6) is 1.36. The van der Waals surface area contributed by atoms with Crippen LogP contribution in [0.3, 0.4) is 0 Å². The summed E-state index contributed by atoms with van der Waals surface area (Å²) in [5, 5.41) is 11.2. The lowest BCUT2D eigenvalue weighted by molar-refractivity contribution is -0.122. The number of aromatic nitrogens is 3. The standard InChI is InChI=1S/C14H20N4O/c1-10(2)7-8-13(19)15-11(3)14-17-16-12-6-4-5-9-18(12)14/h4-6,9-11H,7-8H2,1-3H3,(H,15,19). The fourth-order valence-corrected chi connectivity index (χ4v) is 1.95. The molecule has 0 radical (unpaired) electrons. The molecule has 0 spiro atoms. The van der Waals surface area contributed by atoms with Crippen molar-refractivity contribution in [2.75, 3.05) is 0 Å². The van der Waals surface area contributed by atoms with Crippen LogP contribution in [-0.2, 0) is 4.79 Å². The van der Waals surface area contributed by atoms with Crippen LogP contribution in [0.2, 0.25) is 0 Å². The van der Waals surface area contributed by atoms with Gasteiger partial charge in [0.25, 0.3) is 0 Å². The molecule has 1 amide bonds. The molecule has 0 aliphatic heterocycles. The molecule has 5 heteroatoms. The Morgan fingerprint density at radius 3 is 2.84 bits per heavy atom. The van der Waals surface area contributed by atoms with E-state index >= 15 is 0 Å². The molecule has 1 atom stereocenters. The number of hydrogen-bond donors (Lipinski definition) is 1. The van der Waals surface area contributed by atoms with Crippen LogP contribution in [0.15, 0.2) is 24.4 Å². The van der Waals surface area contributed by atoms with E-state index < -0.39 is 0 Å². The molecule has 1 N–H and O–H groups in total. The minimum absolute atomic E-state index is 0.0638. The predicted octanol–water partition coefficient (Wildman–Crippen LogP) is 2.34. The number of amides is 1. The fourth-order valence-electron chi connectivity index (χ4n) is 1.95. The topological polar surface area (TPSA) is 59.3 Å². The van der Waals surface area contributed by atoms with Crippen molar-refractivity contribution in [1.82, 2.24) is 19.9 Å². The molecule has 5 nitrogen and oxygen atoms in total. The van der Waals surface area contributed by atoms with Gasteiger partial charge in [-0.1, -0.05) is 19.9 Å². The van der Waals surface area contributed by atoms with Crippen LogP contribution in [0.4, 0.5) is 0 Å². The summed E-state index contributed by atoms with van der Waals surface area (Å²) < 4.78 is 1.90. The highest BCUT2D eigenvalue weighted by atomic mass is 16.1. The number of nitrogens with one attached hydrogen (secondary N) is 1. The predicted molar refractivity (Wildman–Crippen MR) is 73.6 cm³/mol. The second kappa shape index (κ2) is 5.82. The number of pyridine rings is 1. The Hall–Kier alpha value is -1.91. The average Bonchev–Trinajstić information content (AvgIpc) is 2.80. The van der Waals surface area contributed by atoms with E-state index in [0.29, 0.717) is 12.3 Å². The second-order valence-electron chi connectivity index (χ2n) is 5.21. The van der Waals surface area contributed by atoms with E-state index in [1.54, 1.807) is 0 Å². The largest absolute Gasteiger partial charge is 0.346 e. The van der Waals surface area contributed by atoms with Crippen molar-refractivity contribution in [3.05, 3.63) is 30.2 Å². The number of rotatable bonds is 5. The highest BCUT2D eigenvalue weighted by molar-refractivity contribution is 5.76. The summed E-state index contributed by atoms with van der Waals surface area (Å²) in [4.78, 5) is 11.8. The zero-order chi connectivity index (χ0) is 13.8. The van der Waals surface area contributed by atoms with E-state index in [-0.39, 0.29) is 11.9 Å². The first-order chi connectivity index (χ1) is 9.08. The Kier molecular flexibility index (Phi) is 4.14. The molecule has 0 fully saturated rings. The van der Waals surface area contributed by atoms with Gasteiger partial charge in [-0.2, -0.15) is 0 Å². The van der Waals surface area contributed by atoms with E-state index in [4.69, 9.17) is 0 Å². The molecule has 0 aliphatic rings. The van der Waals surface area contributed by atoms with Crippen LogP contribution >= 0.6 is 0 Å². The molecule has 2 aromatic heterocycles. The van der Waals surface area contributed by atoms with Gasteiger partial charge in [-0.05, 0) is 31.4 Å². The highest BCUT2D eigenvalue weighted by Gasteiger charge is 2.15. The molecular weight excluding hydrogens is 240 g/mol. The fraction of sp³-hybridized carbons (Fsp3) is 0.500. The summed E-state index contributed by atoms with van der Waals surface area (Å²) in [6, 6.07) is 5.59. The van der Waals surface area contributed by atoms with Crippen molar-refractivity contribution < 1.29 is 4.79 Å². The third-order valence-electron chi connectivity index (χ3n) is 3.05. The summed E-state index contributed by atoms with van der Waals surface area (Å²) in [6.45, 7) is 6.15. The molecule has 0 aromatic carbocycles. The lowest BCUT2D eigenvalue weighted by Gasteiger charge is -2.13. The average molecular weight is 260 g/mol. The van der Waals surface area contributed by atoms with Gasteiger partial charge in [0.05, 0.1) is 6.04 Å². The summed E-state index contributed by atoms with van der Waals surface area (Å²) in [6.07, 6.45) is 3.36. The first kappa shape index (κ1) is 13.5. The second-order valence-corrected chi connectivity index (χ2v) is 5.21. The van der Waals surface area contributed by atoms with Gasteiger partial charge < -0.3 is 5.32 Å². The van der Waals surface area contributed by atoms with Crippen LogP contribution in [0.1, 0.15) is 45.5 Å². The molecule has 1 unspecified atom stereocenters. The van der Waals surface area contributed by atoms with Gasteiger partial charge in [-0.25, -0.2) is 0 Å². The SMILES string of the molecule is CC(C)CCC(=O)NC(C)c1nnc2ccccn12. The molecule has 2 heterocycles. The maximum Gasteiger partial charge on any atom is 0.220 e. The number of fused-ring (bicyclic) bond motifs is 1. The molecule has 2 aromatic rings. The van der Waals surface area contributed by atoms with Crippen molar-refractivity contribution in [3.8, 4) is 0 Å². The Bertz CT molecular complexity index is 561. The van der Waals surface area contributed by atoms with Gasteiger partial charge in [0.15, 0.2) is 11.5 Å². The lowest BCUT2D eigenvalue weighted by Crippen LogP contribution is -2.28. The molecule has 19 heavy (non-hydrogen) atoms. The Labute approximate surface area is 113 Å². The molecular formula is C14H20N4O. The summed E-state index contributed by atoms with van der Waals surface area (Å²) in [7, 11) is 0. The van der Waals surface area contributed by atoms with Gasteiger partial charge in [-0.15, -0.1) is 10.2 Å². The van der Waals surface area contributed by atoms with Gasteiger partial charge in [0.1, 0.15) is 0 Å². The van der Waals surface area contributed by atoms with E-state index in [1.807, 2.05) is 35.7 Å². The van der Waals surface area contributed by atoms with Gasteiger partial charge >= 0.3 is 0 Å². The van der Waals surface area contributed by atoms with Crippen LogP contribution in [0, 0.1) is 5.92 Å². The van der Waals surface area contributed by atoms with Gasteiger partial charge in [-0.3, -0.25) is 9.20 Å². The van der Waals surface area contributed by atoms with E-state index in [0.717, 1.165) is 17.9 Å². The number of carbonyl (C=O) groups is 1. The number of nitrogens with zero attached hydrogens (tertiary/aromatic N) is 3. The maximum atomic E-state index is 11.8. The Balaban J connectivity index is 2.03. The van der Waals surface area contributed by atoms with E-state index in [2.05, 4.69) is 29.4 Å². The van der Waals surface area contributed by atoms with Crippen molar-refractivity contribution >= 4 is 11.6 Å². The van der Waals surface area contributed by atoms with Crippen molar-refractivity contribution in [2.24, 2.45) is 5.92 Å². The highest BCUT2D eigenvalue weighted by Crippen LogP contribution is 2.12. The molecule has 0 saturated carbocycles.